The van der Waals surface area contributed by atoms with Gasteiger partial charge in [0.25, 0.3) is 0 Å². The molecule has 1 atom stereocenters. The average Bonchev–Trinajstić information content (AvgIpc) is 2.36. The Labute approximate surface area is 108 Å². The highest BCUT2D eigenvalue weighted by Gasteiger charge is 2.05. The summed E-state index contributed by atoms with van der Waals surface area (Å²) in [5.74, 6) is -0.482. The number of nitrogens with one attached hydrogen (secondary N) is 1. The topological polar surface area (TPSA) is 64.3 Å². The van der Waals surface area contributed by atoms with Gasteiger partial charge in [0.15, 0.2) is 0 Å². The third kappa shape index (κ3) is 5.29. The van der Waals surface area contributed by atoms with E-state index in [0.717, 1.165) is 12.0 Å². The molecule has 0 bridgehead atoms. The lowest BCUT2D eigenvalue weighted by Crippen LogP contribution is -2.26. The van der Waals surface area contributed by atoms with E-state index >= 15 is 0 Å². The predicted molar refractivity (Wildman–Crippen MR) is 71.8 cm³/mol. The van der Waals surface area contributed by atoms with Gasteiger partial charge >= 0.3 is 0 Å². The van der Waals surface area contributed by atoms with E-state index in [1.165, 1.54) is 18.4 Å². The van der Waals surface area contributed by atoms with E-state index in [1.54, 1.807) is 0 Å². The lowest BCUT2D eigenvalue weighted by atomic mass is 10.0. The number of unbranched alkanes of at least 4 members (excludes halogenated alkanes) is 1. The first-order chi connectivity index (χ1) is 8.63. The Morgan fingerprint density at radius 1 is 1.39 bits per heavy atom. The molecule has 4 nitrogen and oxygen atoms in total. The van der Waals surface area contributed by atoms with Crippen LogP contribution in [0.2, 0.25) is 0 Å². The molecule has 0 aliphatic carbocycles. The summed E-state index contributed by atoms with van der Waals surface area (Å²) in [6.45, 7) is 4.05. The Morgan fingerprint density at radius 3 is 2.61 bits per heavy atom. The van der Waals surface area contributed by atoms with Crippen molar-refractivity contribution in [3.63, 3.8) is 0 Å². The van der Waals surface area contributed by atoms with Gasteiger partial charge in [-0.2, -0.15) is 5.48 Å². The summed E-state index contributed by atoms with van der Waals surface area (Å²) in [5, 5.41) is 0. The number of nitrogens with two attached hydrogens (primary N) is 1. The molecule has 0 aliphatic rings. The van der Waals surface area contributed by atoms with Crippen molar-refractivity contribution in [3.05, 3.63) is 35.4 Å². The molecular formula is C14H22N2O2. The van der Waals surface area contributed by atoms with E-state index in [4.69, 9.17) is 10.6 Å². The number of benzene rings is 1. The zero-order chi connectivity index (χ0) is 13.4. The summed E-state index contributed by atoms with van der Waals surface area (Å²) in [6, 6.07) is 8.46. The van der Waals surface area contributed by atoms with E-state index in [9.17, 15) is 4.79 Å². The van der Waals surface area contributed by atoms with Crippen LogP contribution in [0.3, 0.4) is 0 Å². The number of hydrogen-bond donors (Lipinski definition) is 2. The second-order valence-electron chi connectivity index (χ2n) is 4.44. The minimum absolute atomic E-state index is 0.0320. The molecule has 0 radical (unpaired) electrons. The molecular weight excluding hydrogens is 228 g/mol. The lowest BCUT2D eigenvalue weighted by molar-refractivity contribution is -0.126. The van der Waals surface area contributed by atoms with Crippen LogP contribution < -0.4 is 11.2 Å². The van der Waals surface area contributed by atoms with Crippen molar-refractivity contribution in [3.8, 4) is 0 Å². The van der Waals surface area contributed by atoms with Gasteiger partial charge in [0.05, 0.1) is 6.04 Å². The summed E-state index contributed by atoms with van der Waals surface area (Å²) in [5.41, 5.74) is 10.2. The SMILES string of the molecule is CCCCc1ccc(C(C)NOCC(N)=O)cc1. The highest BCUT2D eigenvalue weighted by molar-refractivity contribution is 5.74. The number of carbonyl (C=O) groups is 1. The van der Waals surface area contributed by atoms with Crippen LogP contribution in [0, 0.1) is 0 Å². The van der Waals surface area contributed by atoms with Crippen molar-refractivity contribution in [2.24, 2.45) is 5.73 Å². The van der Waals surface area contributed by atoms with E-state index in [1.807, 2.05) is 6.92 Å². The molecule has 1 amide bonds. The standard InChI is InChI=1S/C14H22N2O2/c1-3-4-5-12-6-8-13(9-7-12)11(2)16-18-10-14(15)17/h6-9,11,16H,3-5,10H2,1-2H3,(H2,15,17). The van der Waals surface area contributed by atoms with Crippen molar-refractivity contribution in [2.45, 2.75) is 39.2 Å². The Bertz CT molecular complexity index is 363. The van der Waals surface area contributed by atoms with E-state index < -0.39 is 5.91 Å². The zero-order valence-corrected chi connectivity index (χ0v) is 11.1. The molecule has 18 heavy (non-hydrogen) atoms. The number of hydrogen-bond acceptors (Lipinski definition) is 3. The van der Waals surface area contributed by atoms with Crippen molar-refractivity contribution < 1.29 is 9.63 Å². The van der Waals surface area contributed by atoms with Crippen LogP contribution in [0.1, 0.15) is 43.9 Å². The molecule has 1 aromatic carbocycles. The van der Waals surface area contributed by atoms with Gasteiger partial charge in [-0.05, 0) is 30.9 Å². The Hall–Kier alpha value is -1.39. The van der Waals surface area contributed by atoms with Gasteiger partial charge in [-0.1, -0.05) is 37.6 Å². The van der Waals surface area contributed by atoms with Crippen LogP contribution in [0.4, 0.5) is 0 Å². The molecule has 0 spiro atoms. The van der Waals surface area contributed by atoms with Gasteiger partial charge in [-0.15, -0.1) is 0 Å². The molecule has 1 aromatic rings. The summed E-state index contributed by atoms with van der Waals surface area (Å²) in [6.07, 6.45) is 3.55. The number of aryl methyl sites for hydroxylation is 1. The second kappa shape index (κ2) is 7.84. The van der Waals surface area contributed by atoms with E-state index in [2.05, 4.69) is 36.7 Å². The summed E-state index contributed by atoms with van der Waals surface area (Å²) in [4.78, 5) is 15.5. The highest BCUT2D eigenvalue weighted by Crippen LogP contribution is 2.14. The second-order valence-corrected chi connectivity index (χ2v) is 4.44. The molecule has 0 aromatic heterocycles. The molecule has 1 unspecified atom stereocenters. The maximum Gasteiger partial charge on any atom is 0.245 e. The Morgan fingerprint density at radius 2 is 2.06 bits per heavy atom. The fraction of sp³-hybridized carbons (Fsp3) is 0.500. The maximum absolute atomic E-state index is 10.5. The molecule has 1 rings (SSSR count). The largest absolute Gasteiger partial charge is 0.368 e. The summed E-state index contributed by atoms with van der Waals surface area (Å²) >= 11 is 0. The summed E-state index contributed by atoms with van der Waals surface area (Å²) in [7, 11) is 0. The fourth-order valence-electron chi connectivity index (χ4n) is 1.66. The maximum atomic E-state index is 10.5. The monoisotopic (exact) mass is 250 g/mol. The summed E-state index contributed by atoms with van der Waals surface area (Å²) < 4.78 is 0. The van der Waals surface area contributed by atoms with Gasteiger partial charge in [0.2, 0.25) is 5.91 Å². The first kappa shape index (κ1) is 14.7. The number of rotatable bonds is 8. The number of carbonyl (C=O) groups excluding carboxylic acids is 1. The van der Waals surface area contributed by atoms with Crippen LogP contribution in [0.5, 0.6) is 0 Å². The molecule has 0 saturated heterocycles. The first-order valence-electron chi connectivity index (χ1n) is 6.38. The van der Waals surface area contributed by atoms with E-state index in [-0.39, 0.29) is 12.6 Å². The highest BCUT2D eigenvalue weighted by atomic mass is 16.6. The van der Waals surface area contributed by atoms with Crippen molar-refractivity contribution in [1.82, 2.24) is 5.48 Å². The van der Waals surface area contributed by atoms with E-state index in [0.29, 0.717) is 0 Å². The third-order valence-corrected chi connectivity index (χ3v) is 2.77. The quantitative estimate of drug-likeness (QED) is 0.694. The Balaban J connectivity index is 2.43. The molecule has 0 fully saturated rings. The van der Waals surface area contributed by atoms with Gasteiger partial charge in [-0.25, -0.2) is 0 Å². The lowest BCUT2D eigenvalue weighted by Gasteiger charge is -2.13. The minimum atomic E-state index is -0.482. The van der Waals surface area contributed by atoms with Gasteiger partial charge in [0, 0.05) is 0 Å². The van der Waals surface area contributed by atoms with Crippen molar-refractivity contribution >= 4 is 5.91 Å². The molecule has 3 N–H and O–H groups in total. The Kier molecular flexibility index (Phi) is 6.39. The van der Waals surface area contributed by atoms with Crippen LogP contribution in [-0.4, -0.2) is 12.5 Å². The molecule has 4 heteroatoms. The molecule has 0 saturated carbocycles. The third-order valence-electron chi connectivity index (χ3n) is 2.77. The zero-order valence-electron chi connectivity index (χ0n) is 11.1. The van der Waals surface area contributed by atoms with Gasteiger partial charge in [0.1, 0.15) is 6.61 Å². The average molecular weight is 250 g/mol. The normalized spacial score (nSPS) is 12.3. The predicted octanol–water partition coefficient (Wildman–Crippen LogP) is 2.10. The molecule has 100 valence electrons. The molecule has 0 heterocycles. The fourth-order valence-corrected chi connectivity index (χ4v) is 1.66. The molecule has 0 aliphatic heterocycles. The number of hydroxylamine groups is 1. The van der Waals surface area contributed by atoms with Crippen LogP contribution >= 0.6 is 0 Å². The minimum Gasteiger partial charge on any atom is -0.368 e. The van der Waals surface area contributed by atoms with Gasteiger partial charge < -0.3 is 5.73 Å². The number of amides is 1. The number of primary amides is 1. The van der Waals surface area contributed by atoms with Crippen LogP contribution in [0.15, 0.2) is 24.3 Å². The van der Waals surface area contributed by atoms with Crippen LogP contribution in [0.25, 0.3) is 0 Å². The van der Waals surface area contributed by atoms with Crippen molar-refractivity contribution in [1.29, 1.82) is 0 Å². The smallest absolute Gasteiger partial charge is 0.245 e. The van der Waals surface area contributed by atoms with Gasteiger partial charge in [-0.3, -0.25) is 9.63 Å². The van der Waals surface area contributed by atoms with Crippen molar-refractivity contribution in [2.75, 3.05) is 6.61 Å². The van der Waals surface area contributed by atoms with Crippen LogP contribution in [-0.2, 0) is 16.1 Å². The first-order valence-corrected chi connectivity index (χ1v) is 6.38.